The van der Waals surface area contributed by atoms with E-state index < -0.39 is 12.8 Å². The van der Waals surface area contributed by atoms with E-state index in [-0.39, 0.29) is 41.4 Å². The molecule has 0 spiro atoms. The second-order valence-electron chi connectivity index (χ2n) is 6.81. The number of halogens is 4. The van der Waals surface area contributed by atoms with Gasteiger partial charge in [0.05, 0.1) is 25.9 Å². The molecule has 174 valence electrons. The maximum atomic E-state index is 12.4. The highest BCUT2D eigenvalue weighted by Gasteiger charge is 2.29. The summed E-state index contributed by atoms with van der Waals surface area (Å²) < 4.78 is 52.3. The number of benzene rings is 1. The van der Waals surface area contributed by atoms with Crippen LogP contribution in [0, 0.1) is 0 Å². The van der Waals surface area contributed by atoms with Gasteiger partial charge in [-0.1, -0.05) is 25.1 Å². The van der Waals surface area contributed by atoms with Crippen LogP contribution in [0.3, 0.4) is 0 Å². The molecule has 0 saturated carbocycles. The third kappa shape index (κ3) is 9.23. The van der Waals surface area contributed by atoms with Crippen molar-refractivity contribution in [1.29, 1.82) is 0 Å². The van der Waals surface area contributed by atoms with Crippen LogP contribution in [-0.4, -0.2) is 37.6 Å². The van der Waals surface area contributed by atoms with E-state index in [2.05, 4.69) is 20.8 Å². The average molecular weight is 556 g/mol. The fourth-order valence-corrected chi connectivity index (χ4v) is 2.46. The van der Waals surface area contributed by atoms with Crippen LogP contribution in [-0.2, 0) is 13.1 Å². The Labute approximate surface area is 196 Å². The summed E-state index contributed by atoms with van der Waals surface area (Å²) in [5.74, 6) is 1.78. The van der Waals surface area contributed by atoms with Crippen LogP contribution in [0.5, 0.6) is 11.5 Å². The number of guanidine groups is 1. The summed E-state index contributed by atoms with van der Waals surface area (Å²) in [4.78, 5) is 4.49. The third-order valence-corrected chi connectivity index (χ3v) is 3.98. The zero-order chi connectivity index (χ0) is 22.1. The van der Waals surface area contributed by atoms with E-state index in [1.807, 2.05) is 26.8 Å². The largest absolute Gasteiger partial charge is 0.493 e. The van der Waals surface area contributed by atoms with Crippen molar-refractivity contribution in [2.24, 2.45) is 4.99 Å². The predicted molar refractivity (Wildman–Crippen MR) is 122 cm³/mol. The zero-order valence-electron chi connectivity index (χ0n) is 17.9. The van der Waals surface area contributed by atoms with Crippen molar-refractivity contribution in [2.75, 3.05) is 20.3 Å². The maximum absolute atomic E-state index is 12.4. The van der Waals surface area contributed by atoms with E-state index in [0.717, 1.165) is 11.3 Å². The highest BCUT2D eigenvalue weighted by atomic mass is 127. The molecule has 2 N–H and O–H groups in total. The van der Waals surface area contributed by atoms with Crippen molar-refractivity contribution in [3.63, 3.8) is 0 Å². The van der Waals surface area contributed by atoms with E-state index in [0.29, 0.717) is 31.4 Å². The summed E-state index contributed by atoms with van der Waals surface area (Å²) in [6.07, 6.45) is -4.42. The molecule has 0 radical (unpaired) electrons. The number of hydrogen-bond donors (Lipinski definition) is 2. The maximum Gasteiger partial charge on any atom is 0.422 e. The molecule has 1 aromatic heterocycles. The molecule has 0 saturated heterocycles. The Morgan fingerprint density at radius 3 is 2.52 bits per heavy atom. The second-order valence-corrected chi connectivity index (χ2v) is 6.81. The Morgan fingerprint density at radius 1 is 1.19 bits per heavy atom. The highest BCUT2D eigenvalue weighted by molar-refractivity contribution is 14.0. The normalized spacial score (nSPS) is 11.8. The first-order valence-electron chi connectivity index (χ1n) is 9.56. The quantitative estimate of drug-likeness (QED) is 0.267. The van der Waals surface area contributed by atoms with Gasteiger partial charge in [0.15, 0.2) is 29.8 Å². The van der Waals surface area contributed by atoms with Crippen LogP contribution in [0.4, 0.5) is 13.2 Å². The number of alkyl halides is 3. The van der Waals surface area contributed by atoms with E-state index in [9.17, 15) is 13.2 Å². The zero-order valence-corrected chi connectivity index (χ0v) is 20.2. The Kier molecular flexibility index (Phi) is 10.9. The van der Waals surface area contributed by atoms with Gasteiger partial charge in [0.2, 0.25) is 0 Å². The molecule has 31 heavy (non-hydrogen) atoms. The number of nitrogens with one attached hydrogen (secondary N) is 2. The summed E-state index contributed by atoms with van der Waals surface area (Å²) in [6.45, 7) is 6.00. The van der Waals surface area contributed by atoms with Crippen molar-refractivity contribution in [2.45, 2.75) is 46.0 Å². The molecule has 2 aromatic rings. The number of rotatable bonds is 9. The molecule has 0 aliphatic rings. The fraction of sp³-hybridized carbons (Fsp3) is 0.500. The molecule has 2 rings (SSSR count). The topological polar surface area (TPSA) is 80.9 Å². The minimum atomic E-state index is -4.42. The lowest BCUT2D eigenvalue weighted by Crippen LogP contribution is -2.36. The summed E-state index contributed by atoms with van der Waals surface area (Å²) in [7, 11) is 1.37. The summed E-state index contributed by atoms with van der Waals surface area (Å²) in [5, 5.41) is 10.3. The van der Waals surface area contributed by atoms with Crippen LogP contribution in [0.15, 0.2) is 33.8 Å². The van der Waals surface area contributed by atoms with Gasteiger partial charge in [-0.15, -0.1) is 24.0 Å². The van der Waals surface area contributed by atoms with Crippen molar-refractivity contribution < 1.29 is 27.2 Å². The lowest BCUT2D eigenvalue weighted by Gasteiger charge is -2.13. The third-order valence-electron chi connectivity index (χ3n) is 3.98. The Hall–Kier alpha value is -2.18. The smallest absolute Gasteiger partial charge is 0.422 e. The Morgan fingerprint density at radius 2 is 1.94 bits per heavy atom. The minimum absolute atomic E-state index is 0. The standard InChI is InChI=1S/C20H27F3N4O3.HI/c1-5-24-19(26-11-15-9-16(13(2)3)27-30-15)25-10-14-6-7-17(18(8-14)28-4)29-12-20(21,22)23;/h6-9,13H,5,10-12H2,1-4H3,(H2,24,25,26);1H. The lowest BCUT2D eigenvalue weighted by molar-refractivity contribution is -0.153. The first kappa shape index (κ1) is 26.9. The molecular formula is C20H28F3IN4O3. The van der Waals surface area contributed by atoms with Gasteiger partial charge in [-0.2, -0.15) is 13.2 Å². The van der Waals surface area contributed by atoms with Crippen molar-refractivity contribution in [3.05, 3.63) is 41.3 Å². The van der Waals surface area contributed by atoms with Crippen molar-refractivity contribution >= 4 is 29.9 Å². The van der Waals surface area contributed by atoms with Gasteiger partial charge in [0.1, 0.15) is 0 Å². The molecule has 0 fully saturated rings. The number of nitrogens with zero attached hydrogens (tertiary/aromatic N) is 2. The molecule has 0 unspecified atom stereocenters. The molecule has 0 atom stereocenters. The van der Waals surface area contributed by atoms with Crippen LogP contribution in [0.1, 0.15) is 43.7 Å². The van der Waals surface area contributed by atoms with Gasteiger partial charge in [0, 0.05) is 12.6 Å². The Balaban J connectivity index is 0.00000480. The molecule has 11 heteroatoms. The van der Waals surface area contributed by atoms with Crippen LogP contribution < -0.4 is 20.1 Å². The first-order chi connectivity index (χ1) is 14.2. The van der Waals surface area contributed by atoms with Gasteiger partial charge < -0.3 is 24.6 Å². The van der Waals surface area contributed by atoms with Crippen LogP contribution in [0.2, 0.25) is 0 Å². The number of ether oxygens (including phenoxy) is 2. The van der Waals surface area contributed by atoms with E-state index in [1.165, 1.54) is 13.2 Å². The molecule has 0 amide bonds. The fourth-order valence-electron chi connectivity index (χ4n) is 2.46. The van der Waals surface area contributed by atoms with Gasteiger partial charge >= 0.3 is 6.18 Å². The first-order valence-corrected chi connectivity index (χ1v) is 9.56. The SMILES string of the molecule is CCNC(=NCc1ccc(OCC(F)(F)F)c(OC)c1)NCc1cc(C(C)C)no1.I. The van der Waals surface area contributed by atoms with Gasteiger partial charge in [0.25, 0.3) is 0 Å². The van der Waals surface area contributed by atoms with Gasteiger partial charge in [-0.05, 0) is 30.5 Å². The van der Waals surface area contributed by atoms with Gasteiger partial charge in [-0.3, -0.25) is 0 Å². The number of methoxy groups -OCH3 is 1. The van der Waals surface area contributed by atoms with E-state index in [1.54, 1.807) is 12.1 Å². The van der Waals surface area contributed by atoms with Crippen molar-refractivity contribution in [1.82, 2.24) is 15.8 Å². The Bertz CT molecular complexity index is 841. The number of hydrogen-bond acceptors (Lipinski definition) is 5. The lowest BCUT2D eigenvalue weighted by atomic mass is 10.1. The summed E-state index contributed by atoms with van der Waals surface area (Å²) in [5.41, 5.74) is 1.64. The molecule has 0 bridgehead atoms. The minimum Gasteiger partial charge on any atom is -0.493 e. The molecule has 0 aliphatic heterocycles. The number of aromatic nitrogens is 1. The molecule has 1 aromatic carbocycles. The predicted octanol–water partition coefficient (Wildman–Crippen LogP) is 4.62. The molecule has 1 heterocycles. The number of aliphatic imine (C=N–C) groups is 1. The molecule has 7 nitrogen and oxygen atoms in total. The van der Waals surface area contributed by atoms with E-state index in [4.69, 9.17) is 14.0 Å². The second kappa shape index (κ2) is 12.6. The molecular weight excluding hydrogens is 528 g/mol. The van der Waals surface area contributed by atoms with E-state index >= 15 is 0 Å². The monoisotopic (exact) mass is 556 g/mol. The summed E-state index contributed by atoms with van der Waals surface area (Å²) >= 11 is 0. The van der Waals surface area contributed by atoms with Crippen LogP contribution in [0.25, 0.3) is 0 Å². The summed E-state index contributed by atoms with van der Waals surface area (Å²) in [6, 6.07) is 6.58. The van der Waals surface area contributed by atoms with Crippen molar-refractivity contribution in [3.8, 4) is 11.5 Å². The van der Waals surface area contributed by atoms with Crippen LogP contribution >= 0.6 is 24.0 Å². The average Bonchev–Trinajstić information content (AvgIpc) is 3.17. The highest BCUT2D eigenvalue weighted by Crippen LogP contribution is 2.30. The van der Waals surface area contributed by atoms with Gasteiger partial charge in [-0.25, -0.2) is 4.99 Å². The molecule has 0 aliphatic carbocycles.